The summed E-state index contributed by atoms with van der Waals surface area (Å²) in [5.41, 5.74) is 0.574. The minimum Gasteiger partial charge on any atom is -0.477 e. The third-order valence-electron chi connectivity index (χ3n) is 5.50. The van der Waals surface area contributed by atoms with E-state index in [2.05, 4.69) is 0 Å². The van der Waals surface area contributed by atoms with Crippen LogP contribution in [-0.2, 0) is 0 Å². The summed E-state index contributed by atoms with van der Waals surface area (Å²) in [5.74, 6) is 3.40. The van der Waals surface area contributed by atoms with Gasteiger partial charge in [0.2, 0.25) is 0 Å². The van der Waals surface area contributed by atoms with Gasteiger partial charge in [0, 0.05) is 16.0 Å². The summed E-state index contributed by atoms with van der Waals surface area (Å²) in [6, 6.07) is 1.85. The number of aromatic carboxylic acids is 1. The number of rotatable bonds is 4. The highest BCUT2D eigenvalue weighted by atomic mass is 32.2. The average Bonchev–Trinajstić information content (AvgIpc) is 2.84. The van der Waals surface area contributed by atoms with Crippen LogP contribution < -0.4 is 0 Å². The van der Waals surface area contributed by atoms with Crippen molar-refractivity contribution >= 4 is 29.1 Å². The lowest BCUT2D eigenvalue weighted by Gasteiger charge is -2.56. The molecule has 0 aromatic carbocycles. The first kappa shape index (κ1) is 13.2. The quantitative estimate of drug-likeness (QED) is 0.815. The molecular formula is C16H20O2S2. The molecule has 4 heteroatoms. The molecule has 4 bridgehead atoms. The van der Waals surface area contributed by atoms with Gasteiger partial charge in [0.25, 0.3) is 0 Å². The van der Waals surface area contributed by atoms with Gasteiger partial charge in [-0.15, -0.1) is 23.1 Å². The predicted molar refractivity (Wildman–Crippen MR) is 82.6 cm³/mol. The first-order valence-electron chi connectivity index (χ1n) is 7.56. The maximum atomic E-state index is 10.9. The molecule has 4 aliphatic rings. The van der Waals surface area contributed by atoms with Crippen molar-refractivity contribution in [2.75, 3.05) is 5.75 Å². The monoisotopic (exact) mass is 308 g/mol. The van der Waals surface area contributed by atoms with E-state index in [1.165, 1.54) is 55.6 Å². The molecule has 0 saturated heterocycles. The van der Waals surface area contributed by atoms with Crippen LogP contribution in [0.3, 0.4) is 0 Å². The molecule has 1 heterocycles. The molecule has 4 aliphatic carbocycles. The second-order valence-corrected chi connectivity index (χ2v) is 9.12. The molecule has 0 aliphatic heterocycles. The Hall–Kier alpha value is -0.480. The van der Waals surface area contributed by atoms with Gasteiger partial charge in [-0.05, 0) is 67.8 Å². The van der Waals surface area contributed by atoms with Crippen molar-refractivity contribution in [1.29, 1.82) is 0 Å². The summed E-state index contributed by atoms with van der Waals surface area (Å²) in [7, 11) is 0. The Morgan fingerprint density at radius 2 is 1.85 bits per heavy atom. The van der Waals surface area contributed by atoms with E-state index in [1.807, 2.05) is 23.2 Å². The van der Waals surface area contributed by atoms with Crippen molar-refractivity contribution in [3.05, 3.63) is 16.3 Å². The zero-order valence-electron chi connectivity index (χ0n) is 11.5. The smallest absolute Gasteiger partial charge is 0.345 e. The van der Waals surface area contributed by atoms with E-state index in [9.17, 15) is 4.79 Å². The molecule has 4 saturated carbocycles. The molecule has 1 aromatic rings. The van der Waals surface area contributed by atoms with E-state index < -0.39 is 5.97 Å². The molecule has 0 amide bonds. The lowest BCUT2D eigenvalue weighted by molar-refractivity contribution is -0.0381. The molecule has 4 fully saturated rings. The Morgan fingerprint density at radius 3 is 2.35 bits per heavy atom. The highest BCUT2D eigenvalue weighted by Crippen LogP contribution is 2.61. The highest BCUT2D eigenvalue weighted by Gasteiger charge is 2.50. The topological polar surface area (TPSA) is 37.3 Å². The molecule has 0 radical (unpaired) electrons. The third-order valence-corrected chi connectivity index (χ3v) is 7.89. The zero-order chi connectivity index (χ0) is 13.7. The van der Waals surface area contributed by atoms with Gasteiger partial charge < -0.3 is 5.11 Å². The van der Waals surface area contributed by atoms with Crippen LogP contribution in [-0.4, -0.2) is 16.8 Å². The van der Waals surface area contributed by atoms with Gasteiger partial charge in [-0.1, -0.05) is 0 Å². The average molecular weight is 308 g/mol. The Morgan fingerprint density at radius 1 is 1.25 bits per heavy atom. The standard InChI is InChI=1S/C16H20O2S2/c17-15(18)14-4-13(8-19-14)20-9-16-5-10-1-11(6-16)3-12(2-10)7-16/h4,8,10-12H,1-3,5-7,9H2,(H,17,18). The van der Waals surface area contributed by atoms with E-state index in [0.29, 0.717) is 10.3 Å². The zero-order valence-corrected chi connectivity index (χ0v) is 13.1. The van der Waals surface area contributed by atoms with Crippen molar-refractivity contribution in [2.45, 2.75) is 43.4 Å². The van der Waals surface area contributed by atoms with Crippen LogP contribution in [0.2, 0.25) is 0 Å². The number of carbonyl (C=O) groups is 1. The van der Waals surface area contributed by atoms with Gasteiger partial charge in [0.05, 0.1) is 0 Å². The fourth-order valence-electron chi connectivity index (χ4n) is 5.21. The van der Waals surface area contributed by atoms with Gasteiger partial charge in [-0.25, -0.2) is 4.79 Å². The molecule has 2 nitrogen and oxygen atoms in total. The van der Waals surface area contributed by atoms with E-state index in [0.717, 1.165) is 22.6 Å². The molecule has 0 unspecified atom stereocenters. The number of thioether (sulfide) groups is 1. The van der Waals surface area contributed by atoms with E-state index >= 15 is 0 Å². The minimum absolute atomic E-state index is 0.470. The van der Waals surface area contributed by atoms with Crippen molar-refractivity contribution in [1.82, 2.24) is 0 Å². The first-order chi connectivity index (χ1) is 9.62. The van der Waals surface area contributed by atoms with Gasteiger partial charge in [-0.2, -0.15) is 0 Å². The number of hydrogen-bond acceptors (Lipinski definition) is 3. The van der Waals surface area contributed by atoms with Crippen molar-refractivity contribution in [2.24, 2.45) is 23.2 Å². The van der Waals surface area contributed by atoms with Crippen LogP contribution in [0, 0.1) is 23.2 Å². The molecule has 0 spiro atoms. The predicted octanol–water partition coefficient (Wildman–Crippen LogP) is 4.75. The van der Waals surface area contributed by atoms with Crippen molar-refractivity contribution in [3.63, 3.8) is 0 Å². The van der Waals surface area contributed by atoms with Crippen LogP contribution in [0.4, 0.5) is 0 Å². The normalized spacial score (nSPS) is 38.3. The number of carboxylic acid groups (broad SMARTS) is 1. The van der Waals surface area contributed by atoms with E-state index in [-0.39, 0.29) is 0 Å². The van der Waals surface area contributed by atoms with Crippen molar-refractivity contribution in [3.8, 4) is 0 Å². The lowest BCUT2D eigenvalue weighted by Crippen LogP contribution is -2.47. The Balaban J connectivity index is 1.45. The number of hydrogen-bond donors (Lipinski definition) is 1. The largest absolute Gasteiger partial charge is 0.477 e. The Labute approximate surface area is 128 Å². The summed E-state index contributed by atoms with van der Waals surface area (Å²) in [6.45, 7) is 0. The molecule has 0 atom stereocenters. The van der Waals surface area contributed by atoms with Gasteiger partial charge in [0.15, 0.2) is 0 Å². The summed E-state index contributed by atoms with van der Waals surface area (Å²) in [6.07, 6.45) is 8.77. The van der Waals surface area contributed by atoms with Crippen LogP contribution in [0.25, 0.3) is 0 Å². The minimum atomic E-state index is -0.795. The maximum absolute atomic E-state index is 10.9. The van der Waals surface area contributed by atoms with E-state index in [1.54, 1.807) is 0 Å². The summed E-state index contributed by atoms with van der Waals surface area (Å²) in [5, 5.41) is 11.0. The molecule has 108 valence electrons. The summed E-state index contributed by atoms with van der Waals surface area (Å²) >= 11 is 3.25. The van der Waals surface area contributed by atoms with Crippen LogP contribution >= 0.6 is 23.1 Å². The maximum Gasteiger partial charge on any atom is 0.345 e. The Kier molecular flexibility index (Phi) is 3.15. The second-order valence-electron chi connectivity index (χ2n) is 7.16. The molecule has 1 aromatic heterocycles. The molecular weight excluding hydrogens is 288 g/mol. The molecule has 20 heavy (non-hydrogen) atoms. The SMILES string of the molecule is O=C(O)c1cc(SCC23CC4CC(CC(C4)C2)C3)cs1. The number of thiophene rings is 1. The van der Waals surface area contributed by atoms with E-state index in [4.69, 9.17) is 5.11 Å². The molecule has 1 N–H and O–H groups in total. The van der Waals surface area contributed by atoms with Gasteiger partial charge in [0.1, 0.15) is 4.88 Å². The highest BCUT2D eigenvalue weighted by molar-refractivity contribution is 7.99. The lowest BCUT2D eigenvalue weighted by atomic mass is 9.50. The van der Waals surface area contributed by atoms with Gasteiger partial charge in [-0.3, -0.25) is 0 Å². The van der Waals surface area contributed by atoms with Crippen LogP contribution in [0.5, 0.6) is 0 Å². The summed E-state index contributed by atoms with van der Waals surface area (Å²) < 4.78 is 0. The van der Waals surface area contributed by atoms with Crippen LogP contribution in [0.15, 0.2) is 16.3 Å². The fourth-order valence-corrected chi connectivity index (χ4v) is 7.34. The van der Waals surface area contributed by atoms with Crippen molar-refractivity contribution < 1.29 is 9.90 Å². The third kappa shape index (κ3) is 2.31. The van der Waals surface area contributed by atoms with Gasteiger partial charge >= 0.3 is 5.97 Å². The van der Waals surface area contributed by atoms with Crippen LogP contribution in [0.1, 0.15) is 48.2 Å². The first-order valence-corrected chi connectivity index (χ1v) is 9.43. The number of carboxylic acids is 1. The second kappa shape index (κ2) is 4.77. The Bertz CT molecular complexity index is 499. The fraction of sp³-hybridized carbons (Fsp3) is 0.688. The molecule has 5 rings (SSSR count). The summed E-state index contributed by atoms with van der Waals surface area (Å²) in [4.78, 5) is 12.6.